The maximum atomic E-state index is 7.52. The van der Waals surface area contributed by atoms with Gasteiger partial charge < -0.3 is 5.41 Å². The van der Waals surface area contributed by atoms with Gasteiger partial charge in [-0.1, -0.05) is 31.9 Å². The molecule has 0 radical (unpaired) electrons. The molecule has 0 amide bonds. The number of hydrogen-bond acceptors (Lipinski definition) is 1. The lowest BCUT2D eigenvalue weighted by Crippen LogP contribution is -1.93. The molecule has 1 N–H and O–H groups in total. The Bertz CT molecular complexity index is 125. The molecule has 0 saturated heterocycles. The van der Waals surface area contributed by atoms with Gasteiger partial charge in [-0.2, -0.15) is 0 Å². The van der Waals surface area contributed by atoms with Crippen molar-refractivity contribution in [2.45, 2.75) is 46.0 Å². The molecular formula is C10H19N. The molecule has 0 aromatic heterocycles. The number of hydrogen-bond donors (Lipinski definition) is 1. The first-order valence-electron chi connectivity index (χ1n) is 4.48. The summed E-state index contributed by atoms with van der Waals surface area (Å²) in [5.41, 5.74) is 0.872. The second kappa shape index (κ2) is 7.52. The molecule has 0 spiro atoms. The zero-order chi connectivity index (χ0) is 8.53. The average molecular weight is 153 g/mol. The van der Waals surface area contributed by atoms with Crippen LogP contribution in [0.5, 0.6) is 0 Å². The van der Waals surface area contributed by atoms with Crippen LogP contribution in [0.2, 0.25) is 0 Å². The minimum atomic E-state index is 0.847. The molecule has 0 aliphatic carbocycles. The Morgan fingerprint density at radius 3 is 2.64 bits per heavy atom. The van der Waals surface area contributed by atoms with Crippen LogP contribution in [-0.4, -0.2) is 5.71 Å². The van der Waals surface area contributed by atoms with Crippen LogP contribution in [0.3, 0.4) is 0 Å². The third-order valence-corrected chi connectivity index (χ3v) is 1.68. The topological polar surface area (TPSA) is 23.9 Å². The van der Waals surface area contributed by atoms with Crippen molar-refractivity contribution in [3.05, 3.63) is 12.2 Å². The van der Waals surface area contributed by atoms with Crippen molar-refractivity contribution < 1.29 is 0 Å². The van der Waals surface area contributed by atoms with E-state index in [9.17, 15) is 0 Å². The van der Waals surface area contributed by atoms with Crippen LogP contribution in [0, 0.1) is 5.41 Å². The fourth-order valence-electron chi connectivity index (χ4n) is 0.951. The zero-order valence-corrected chi connectivity index (χ0v) is 7.69. The van der Waals surface area contributed by atoms with Gasteiger partial charge >= 0.3 is 0 Å². The fraction of sp³-hybridized carbons (Fsp3) is 0.700. The SMILES string of the molecule is CC=CCC(=N)CCCCC. The van der Waals surface area contributed by atoms with Crippen LogP contribution in [0.25, 0.3) is 0 Å². The Morgan fingerprint density at radius 2 is 2.09 bits per heavy atom. The summed E-state index contributed by atoms with van der Waals surface area (Å²) in [6, 6.07) is 0. The molecule has 0 aromatic rings. The molecule has 0 unspecified atom stereocenters. The Hall–Kier alpha value is -0.590. The highest BCUT2D eigenvalue weighted by Gasteiger charge is 1.92. The highest BCUT2D eigenvalue weighted by molar-refractivity contribution is 5.82. The summed E-state index contributed by atoms with van der Waals surface area (Å²) in [7, 11) is 0. The van der Waals surface area contributed by atoms with Gasteiger partial charge in [0.2, 0.25) is 0 Å². The van der Waals surface area contributed by atoms with Gasteiger partial charge in [0.15, 0.2) is 0 Å². The summed E-state index contributed by atoms with van der Waals surface area (Å²) < 4.78 is 0. The lowest BCUT2D eigenvalue weighted by Gasteiger charge is -1.98. The third-order valence-electron chi connectivity index (χ3n) is 1.68. The molecule has 64 valence electrons. The van der Waals surface area contributed by atoms with E-state index in [1.165, 1.54) is 19.3 Å². The van der Waals surface area contributed by atoms with E-state index in [4.69, 9.17) is 5.41 Å². The van der Waals surface area contributed by atoms with Gasteiger partial charge in [0.1, 0.15) is 0 Å². The zero-order valence-electron chi connectivity index (χ0n) is 7.69. The number of nitrogens with one attached hydrogen (secondary N) is 1. The molecule has 1 heteroatoms. The Kier molecular flexibility index (Phi) is 7.11. The maximum absolute atomic E-state index is 7.52. The molecule has 0 fully saturated rings. The Balaban J connectivity index is 3.23. The molecule has 0 heterocycles. The minimum Gasteiger partial charge on any atom is -0.309 e. The molecule has 1 nitrogen and oxygen atoms in total. The van der Waals surface area contributed by atoms with Crippen molar-refractivity contribution in [2.75, 3.05) is 0 Å². The number of allylic oxidation sites excluding steroid dienone is 2. The van der Waals surface area contributed by atoms with E-state index in [0.29, 0.717) is 0 Å². The van der Waals surface area contributed by atoms with E-state index in [1.807, 2.05) is 19.1 Å². The lowest BCUT2D eigenvalue weighted by atomic mass is 10.1. The molecule has 0 bridgehead atoms. The molecular weight excluding hydrogens is 134 g/mol. The first kappa shape index (κ1) is 10.4. The predicted molar refractivity (Wildman–Crippen MR) is 51.3 cm³/mol. The Morgan fingerprint density at radius 1 is 1.36 bits per heavy atom. The second-order valence-electron chi connectivity index (χ2n) is 2.83. The minimum absolute atomic E-state index is 0.847. The van der Waals surface area contributed by atoms with Crippen LogP contribution in [0.15, 0.2) is 12.2 Å². The van der Waals surface area contributed by atoms with Crippen LogP contribution in [0.4, 0.5) is 0 Å². The maximum Gasteiger partial charge on any atom is 0.0127 e. The molecule has 0 saturated carbocycles. The molecule has 0 aliphatic heterocycles. The van der Waals surface area contributed by atoms with Gasteiger partial charge in [-0.25, -0.2) is 0 Å². The van der Waals surface area contributed by atoms with Crippen LogP contribution < -0.4 is 0 Å². The summed E-state index contributed by atoms with van der Waals surface area (Å²) in [6.07, 6.45) is 9.59. The summed E-state index contributed by atoms with van der Waals surface area (Å²) in [5.74, 6) is 0. The van der Waals surface area contributed by atoms with E-state index in [-0.39, 0.29) is 0 Å². The Labute approximate surface area is 70.0 Å². The van der Waals surface area contributed by atoms with Gasteiger partial charge in [-0.05, 0) is 19.8 Å². The highest BCUT2D eigenvalue weighted by Crippen LogP contribution is 2.02. The van der Waals surface area contributed by atoms with Gasteiger partial charge in [0, 0.05) is 12.1 Å². The number of rotatable bonds is 6. The highest BCUT2D eigenvalue weighted by atomic mass is 14.4. The van der Waals surface area contributed by atoms with Gasteiger partial charge in [-0.15, -0.1) is 0 Å². The third kappa shape index (κ3) is 7.31. The standard InChI is InChI=1S/C10H19N/c1-3-5-7-9-10(11)8-6-4-2/h4,6,11H,3,5,7-9H2,1-2H3. The van der Waals surface area contributed by atoms with E-state index in [2.05, 4.69) is 6.92 Å². The van der Waals surface area contributed by atoms with E-state index >= 15 is 0 Å². The average Bonchev–Trinajstić information content (AvgIpc) is 2.01. The summed E-state index contributed by atoms with van der Waals surface area (Å²) in [5, 5.41) is 7.52. The number of unbranched alkanes of at least 4 members (excludes halogenated alkanes) is 2. The van der Waals surface area contributed by atoms with Crippen molar-refractivity contribution >= 4 is 5.71 Å². The fourth-order valence-corrected chi connectivity index (χ4v) is 0.951. The van der Waals surface area contributed by atoms with Crippen LogP contribution in [-0.2, 0) is 0 Å². The molecule has 0 aliphatic rings. The molecule has 0 aromatic carbocycles. The van der Waals surface area contributed by atoms with Crippen molar-refractivity contribution in [3.8, 4) is 0 Å². The quantitative estimate of drug-likeness (QED) is 0.343. The van der Waals surface area contributed by atoms with Crippen molar-refractivity contribution in [1.82, 2.24) is 0 Å². The molecule has 0 rings (SSSR count). The van der Waals surface area contributed by atoms with E-state index in [1.54, 1.807) is 0 Å². The molecule has 11 heavy (non-hydrogen) atoms. The summed E-state index contributed by atoms with van der Waals surface area (Å²) in [6.45, 7) is 4.19. The normalized spacial score (nSPS) is 10.7. The van der Waals surface area contributed by atoms with Crippen molar-refractivity contribution in [1.29, 1.82) is 5.41 Å². The van der Waals surface area contributed by atoms with Crippen LogP contribution >= 0.6 is 0 Å². The second-order valence-corrected chi connectivity index (χ2v) is 2.83. The molecule has 0 atom stereocenters. The first-order valence-corrected chi connectivity index (χ1v) is 4.48. The van der Waals surface area contributed by atoms with Gasteiger partial charge in [-0.3, -0.25) is 0 Å². The van der Waals surface area contributed by atoms with E-state index in [0.717, 1.165) is 18.6 Å². The predicted octanol–water partition coefficient (Wildman–Crippen LogP) is 3.55. The van der Waals surface area contributed by atoms with Crippen molar-refractivity contribution in [2.24, 2.45) is 0 Å². The lowest BCUT2D eigenvalue weighted by molar-refractivity contribution is 0.737. The first-order chi connectivity index (χ1) is 5.31. The summed E-state index contributed by atoms with van der Waals surface area (Å²) >= 11 is 0. The van der Waals surface area contributed by atoms with Crippen LogP contribution in [0.1, 0.15) is 46.0 Å². The van der Waals surface area contributed by atoms with Crippen molar-refractivity contribution in [3.63, 3.8) is 0 Å². The van der Waals surface area contributed by atoms with Gasteiger partial charge in [0.05, 0.1) is 0 Å². The smallest absolute Gasteiger partial charge is 0.0127 e. The summed E-state index contributed by atoms with van der Waals surface area (Å²) in [4.78, 5) is 0. The van der Waals surface area contributed by atoms with Gasteiger partial charge in [0.25, 0.3) is 0 Å². The van der Waals surface area contributed by atoms with E-state index < -0.39 is 0 Å². The largest absolute Gasteiger partial charge is 0.309 e. The monoisotopic (exact) mass is 153 g/mol.